The lowest BCUT2D eigenvalue weighted by Gasteiger charge is -2.33. The molecule has 7 nitrogen and oxygen atoms in total. The summed E-state index contributed by atoms with van der Waals surface area (Å²) in [6.45, 7) is 5.42. The highest BCUT2D eigenvalue weighted by atomic mass is 35.5. The van der Waals surface area contributed by atoms with Crippen molar-refractivity contribution in [3.8, 4) is 11.5 Å². The minimum absolute atomic E-state index is 0.0259. The molecule has 4 rings (SSSR count). The van der Waals surface area contributed by atoms with Crippen LogP contribution in [0.2, 0.25) is 5.02 Å². The molecule has 1 fully saturated rings. The Kier molecular flexibility index (Phi) is 12.4. The van der Waals surface area contributed by atoms with Crippen LogP contribution in [0.4, 0.5) is 36.8 Å². The summed E-state index contributed by atoms with van der Waals surface area (Å²) in [5, 5.41) is 10.7. The molecule has 3 aromatic rings. The summed E-state index contributed by atoms with van der Waals surface area (Å²) in [7, 11) is 0. The number of rotatable bonds is 15. The van der Waals surface area contributed by atoms with E-state index in [2.05, 4.69) is 0 Å². The van der Waals surface area contributed by atoms with E-state index in [0.717, 1.165) is 10.5 Å². The average Bonchev–Trinajstić information content (AvgIpc) is 3.26. The number of unbranched alkanes of at least 4 members (excludes halogenated alkanes) is 1. The molecule has 1 N–H and O–H groups in total. The van der Waals surface area contributed by atoms with Gasteiger partial charge in [-0.25, -0.2) is 4.79 Å². The summed E-state index contributed by atoms with van der Waals surface area (Å²) < 4.78 is 94.0. The molecule has 14 heteroatoms. The van der Waals surface area contributed by atoms with E-state index in [1.807, 2.05) is 12.1 Å². The normalized spacial score (nSPS) is 15.6. The lowest BCUT2D eigenvalue weighted by molar-refractivity contribution is -0.376. The second-order valence-corrected chi connectivity index (χ2v) is 12.6. The van der Waals surface area contributed by atoms with Crippen LogP contribution in [-0.4, -0.2) is 53.5 Å². The molecule has 50 heavy (non-hydrogen) atoms. The molecule has 0 spiro atoms. The van der Waals surface area contributed by atoms with Crippen LogP contribution in [0.5, 0.6) is 11.5 Å². The topological polar surface area (TPSA) is 79.3 Å². The Morgan fingerprint density at radius 2 is 1.44 bits per heavy atom. The molecule has 1 unspecified atom stereocenters. The van der Waals surface area contributed by atoms with Crippen LogP contribution in [0.1, 0.15) is 68.7 Å². The molecular weight excluding hydrogens is 690 g/mol. The summed E-state index contributed by atoms with van der Waals surface area (Å²) in [6.07, 6.45) is -10.3. The molecule has 3 amide bonds. The van der Waals surface area contributed by atoms with Gasteiger partial charge in [-0.1, -0.05) is 56.5 Å². The number of carbonyl (C=O) groups excluding carboxylic acids is 2. The molecule has 0 radical (unpaired) electrons. The first kappa shape index (κ1) is 38.8. The zero-order chi connectivity index (χ0) is 36.9. The molecule has 0 aliphatic carbocycles. The van der Waals surface area contributed by atoms with E-state index in [1.54, 1.807) is 57.2 Å². The van der Waals surface area contributed by atoms with Gasteiger partial charge in [-0.2, -0.15) is 26.3 Å². The van der Waals surface area contributed by atoms with E-state index in [9.17, 15) is 41.0 Å². The standard InChI is InChI=1S/C36H39ClF6N2O5/c1-4-9-25-19-27(34(48,35(38,39)40)36(41,42)43)20-26(10-5-2)31(25)49-18-7-6-17-44-32(46)23(3)45(33(44)47)29-11-8-12-30(21-29)50-22-24-13-15-28(37)16-14-24/h8,11-16,19-21,23,48H,4-7,9-10,17-18,22H2,1-3H3. The van der Waals surface area contributed by atoms with Crippen LogP contribution in [-0.2, 0) is 29.8 Å². The first-order valence-electron chi connectivity index (χ1n) is 16.3. The molecular formula is C36H39ClF6N2O5. The zero-order valence-corrected chi connectivity index (χ0v) is 28.6. The van der Waals surface area contributed by atoms with Gasteiger partial charge in [0.1, 0.15) is 24.1 Å². The van der Waals surface area contributed by atoms with Gasteiger partial charge in [-0.05, 0) is 85.7 Å². The molecule has 1 aliphatic heterocycles. The number of imide groups is 1. The van der Waals surface area contributed by atoms with Crippen LogP contribution in [0.3, 0.4) is 0 Å². The van der Waals surface area contributed by atoms with Crippen molar-refractivity contribution in [3.05, 3.63) is 87.9 Å². The number of nitrogens with zero attached hydrogens (tertiary/aromatic N) is 2. The number of ether oxygens (including phenoxy) is 2. The Morgan fingerprint density at radius 1 is 0.840 bits per heavy atom. The Hall–Kier alpha value is -3.97. The fourth-order valence-electron chi connectivity index (χ4n) is 5.83. The van der Waals surface area contributed by atoms with Crippen LogP contribution in [0.15, 0.2) is 60.7 Å². The number of amides is 3. The van der Waals surface area contributed by atoms with E-state index in [0.29, 0.717) is 54.3 Å². The third-order valence-electron chi connectivity index (χ3n) is 8.40. The summed E-state index contributed by atoms with van der Waals surface area (Å²) in [5.74, 6) is 0.284. The smallest absolute Gasteiger partial charge is 0.430 e. The molecule has 0 saturated carbocycles. The molecule has 272 valence electrons. The lowest BCUT2D eigenvalue weighted by atomic mass is 9.87. The zero-order valence-electron chi connectivity index (χ0n) is 27.8. The number of hydrogen-bond donors (Lipinski definition) is 1. The fraction of sp³-hybridized carbons (Fsp3) is 0.444. The van der Waals surface area contributed by atoms with Crippen molar-refractivity contribution in [1.29, 1.82) is 0 Å². The number of hydrogen-bond acceptors (Lipinski definition) is 5. The average molecular weight is 729 g/mol. The van der Waals surface area contributed by atoms with Crippen molar-refractivity contribution in [3.63, 3.8) is 0 Å². The van der Waals surface area contributed by atoms with Crippen LogP contribution in [0, 0.1) is 0 Å². The third kappa shape index (κ3) is 8.31. The van der Waals surface area contributed by atoms with Crippen LogP contribution in [0.25, 0.3) is 0 Å². The SMILES string of the molecule is CCCc1cc(C(O)(C(F)(F)F)C(F)(F)F)cc(CCC)c1OCCCCN1C(=O)C(C)N(c2cccc(OCc3ccc(Cl)cc3)c2)C1=O. The molecule has 1 aliphatic rings. The van der Waals surface area contributed by atoms with Crippen molar-refractivity contribution in [1.82, 2.24) is 4.90 Å². The highest BCUT2D eigenvalue weighted by molar-refractivity contribution is 6.30. The number of halogens is 7. The van der Waals surface area contributed by atoms with Gasteiger partial charge in [0.05, 0.1) is 12.3 Å². The maximum atomic E-state index is 13.7. The molecule has 1 saturated heterocycles. The molecule has 0 aromatic heterocycles. The number of benzene rings is 3. The predicted molar refractivity (Wildman–Crippen MR) is 176 cm³/mol. The van der Waals surface area contributed by atoms with Crippen molar-refractivity contribution in [2.24, 2.45) is 0 Å². The molecule has 1 heterocycles. The van der Waals surface area contributed by atoms with Gasteiger partial charge >= 0.3 is 18.4 Å². The summed E-state index contributed by atoms with van der Waals surface area (Å²) >= 11 is 5.94. The monoisotopic (exact) mass is 728 g/mol. The van der Waals surface area contributed by atoms with E-state index >= 15 is 0 Å². The maximum Gasteiger partial charge on any atom is 0.430 e. The van der Waals surface area contributed by atoms with Crippen LogP contribution >= 0.6 is 11.6 Å². The van der Waals surface area contributed by atoms with Gasteiger partial charge in [-0.15, -0.1) is 0 Å². The van der Waals surface area contributed by atoms with Gasteiger partial charge < -0.3 is 14.6 Å². The largest absolute Gasteiger partial charge is 0.493 e. The lowest BCUT2D eigenvalue weighted by Crippen LogP contribution is -2.54. The highest BCUT2D eigenvalue weighted by Gasteiger charge is 2.71. The number of anilines is 1. The van der Waals surface area contributed by atoms with Crippen molar-refractivity contribution >= 4 is 29.2 Å². The third-order valence-corrected chi connectivity index (χ3v) is 8.66. The molecule has 3 aromatic carbocycles. The predicted octanol–water partition coefficient (Wildman–Crippen LogP) is 9.15. The summed E-state index contributed by atoms with van der Waals surface area (Å²) in [5.41, 5.74) is -4.74. The number of urea groups is 1. The number of aryl methyl sites for hydroxylation is 2. The number of alkyl halides is 6. The fourth-order valence-corrected chi connectivity index (χ4v) is 5.96. The first-order chi connectivity index (χ1) is 23.5. The first-order valence-corrected chi connectivity index (χ1v) is 16.7. The maximum absolute atomic E-state index is 13.7. The molecule has 0 bridgehead atoms. The Balaban J connectivity index is 1.42. The minimum atomic E-state index is -6.01. The summed E-state index contributed by atoms with van der Waals surface area (Å²) in [6, 6.07) is 14.1. The number of carbonyl (C=O) groups is 2. The highest BCUT2D eigenvalue weighted by Crippen LogP contribution is 2.51. The van der Waals surface area contributed by atoms with Gasteiger partial charge in [0.2, 0.25) is 0 Å². The van der Waals surface area contributed by atoms with Gasteiger partial charge in [0.25, 0.3) is 11.5 Å². The second-order valence-electron chi connectivity index (χ2n) is 12.1. The van der Waals surface area contributed by atoms with Gasteiger partial charge in [0, 0.05) is 23.2 Å². The van der Waals surface area contributed by atoms with Gasteiger partial charge in [0.15, 0.2) is 0 Å². The van der Waals surface area contributed by atoms with E-state index < -0.39 is 41.5 Å². The van der Waals surface area contributed by atoms with E-state index in [1.165, 1.54) is 4.90 Å². The number of aliphatic hydroxyl groups is 1. The Labute approximate surface area is 291 Å². The second kappa shape index (κ2) is 15.9. The Morgan fingerprint density at radius 3 is 2.00 bits per heavy atom. The Bertz CT molecular complexity index is 1610. The van der Waals surface area contributed by atoms with Crippen molar-refractivity contribution in [2.75, 3.05) is 18.1 Å². The molecule has 1 atom stereocenters. The van der Waals surface area contributed by atoms with Crippen molar-refractivity contribution in [2.45, 2.75) is 89.9 Å². The van der Waals surface area contributed by atoms with E-state index in [-0.39, 0.29) is 49.5 Å². The van der Waals surface area contributed by atoms with Gasteiger partial charge in [-0.3, -0.25) is 14.6 Å². The van der Waals surface area contributed by atoms with Crippen molar-refractivity contribution < 1.29 is 50.5 Å². The van der Waals surface area contributed by atoms with Crippen LogP contribution < -0.4 is 14.4 Å². The van der Waals surface area contributed by atoms with E-state index in [4.69, 9.17) is 21.1 Å². The summed E-state index contributed by atoms with van der Waals surface area (Å²) in [4.78, 5) is 29.0. The quantitative estimate of drug-likeness (QED) is 0.0960. The minimum Gasteiger partial charge on any atom is -0.493 e.